The van der Waals surface area contributed by atoms with Gasteiger partial charge in [-0.3, -0.25) is 4.21 Å². The SMILES string of the molecule is O=C(O)c1cccc(CS(=O)c2cc(Cl)ccc2Cl)c1. The van der Waals surface area contributed by atoms with Crippen LogP contribution in [-0.2, 0) is 16.6 Å². The van der Waals surface area contributed by atoms with E-state index in [9.17, 15) is 9.00 Å². The molecule has 0 bridgehead atoms. The lowest BCUT2D eigenvalue weighted by molar-refractivity contribution is 0.0697. The molecule has 0 aliphatic carbocycles. The Hall–Kier alpha value is -1.36. The molecule has 104 valence electrons. The Kier molecular flexibility index (Phi) is 4.81. The Bertz CT molecular complexity index is 686. The molecule has 1 unspecified atom stereocenters. The average Bonchev–Trinajstić information content (AvgIpc) is 2.41. The monoisotopic (exact) mass is 328 g/mol. The van der Waals surface area contributed by atoms with Gasteiger partial charge >= 0.3 is 5.97 Å². The predicted molar refractivity (Wildman–Crippen MR) is 80.0 cm³/mol. The quantitative estimate of drug-likeness (QED) is 0.922. The van der Waals surface area contributed by atoms with Gasteiger partial charge in [-0.15, -0.1) is 0 Å². The highest BCUT2D eigenvalue weighted by Gasteiger charge is 2.11. The van der Waals surface area contributed by atoms with Crippen molar-refractivity contribution in [3.63, 3.8) is 0 Å². The van der Waals surface area contributed by atoms with Crippen LogP contribution in [0.5, 0.6) is 0 Å². The molecule has 0 radical (unpaired) electrons. The van der Waals surface area contributed by atoms with Crippen molar-refractivity contribution in [1.82, 2.24) is 0 Å². The number of carbonyl (C=O) groups is 1. The van der Waals surface area contributed by atoms with Gasteiger partial charge in [-0.25, -0.2) is 4.79 Å². The molecule has 1 N–H and O–H groups in total. The molecule has 0 aliphatic rings. The zero-order valence-corrected chi connectivity index (χ0v) is 12.5. The van der Waals surface area contributed by atoms with Crippen LogP contribution >= 0.6 is 23.2 Å². The van der Waals surface area contributed by atoms with Gasteiger partial charge in [0, 0.05) is 5.02 Å². The number of benzene rings is 2. The van der Waals surface area contributed by atoms with E-state index in [0.717, 1.165) is 0 Å². The van der Waals surface area contributed by atoms with Crippen LogP contribution in [0.25, 0.3) is 0 Å². The maximum atomic E-state index is 12.3. The van der Waals surface area contributed by atoms with Gasteiger partial charge in [-0.2, -0.15) is 0 Å². The molecular weight excluding hydrogens is 319 g/mol. The first-order valence-electron chi connectivity index (χ1n) is 5.63. The number of aromatic carboxylic acids is 1. The zero-order valence-electron chi connectivity index (χ0n) is 10.2. The van der Waals surface area contributed by atoms with Crippen molar-refractivity contribution in [3.8, 4) is 0 Å². The Balaban J connectivity index is 2.25. The van der Waals surface area contributed by atoms with Crippen molar-refractivity contribution >= 4 is 40.0 Å². The Labute approximate surface area is 128 Å². The highest BCUT2D eigenvalue weighted by molar-refractivity contribution is 7.84. The maximum Gasteiger partial charge on any atom is 0.335 e. The molecule has 0 saturated carbocycles. The second kappa shape index (κ2) is 6.39. The normalized spacial score (nSPS) is 12.1. The summed E-state index contributed by atoms with van der Waals surface area (Å²) in [6.45, 7) is 0. The summed E-state index contributed by atoms with van der Waals surface area (Å²) in [5.41, 5.74) is 0.830. The van der Waals surface area contributed by atoms with E-state index >= 15 is 0 Å². The molecule has 0 spiro atoms. The van der Waals surface area contributed by atoms with Gasteiger partial charge in [-0.05, 0) is 35.9 Å². The molecule has 0 aliphatic heterocycles. The summed E-state index contributed by atoms with van der Waals surface area (Å²) < 4.78 is 12.3. The molecule has 2 aromatic rings. The van der Waals surface area contributed by atoms with Gasteiger partial charge in [0.15, 0.2) is 0 Å². The first-order valence-corrected chi connectivity index (χ1v) is 7.70. The van der Waals surface area contributed by atoms with Gasteiger partial charge in [0.25, 0.3) is 0 Å². The van der Waals surface area contributed by atoms with E-state index in [2.05, 4.69) is 0 Å². The van der Waals surface area contributed by atoms with Crippen LogP contribution in [0.2, 0.25) is 10.0 Å². The average molecular weight is 329 g/mol. The van der Waals surface area contributed by atoms with Crippen molar-refractivity contribution in [1.29, 1.82) is 0 Å². The second-order valence-electron chi connectivity index (χ2n) is 4.07. The summed E-state index contributed by atoms with van der Waals surface area (Å²) >= 11 is 11.9. The third-order valence-electron chi connectivity index (χ3n) is 2.61. The number of hydrogen-bond donors (Lipinski definition) is 1. The van der Waals surface area contributed by atoms with Crippen LogP contribution in [-0.4, -0.2) is 15.3 Å². The molecule has 0 amide bonds. The van der Waals surface area contributed by atoms with Gasteiger partial charge in [0.1, 0.15) is 0 Å². The zero-order chi connectivity index (χ0) is 14.7. The third kappa shape index (κ3) is 3.60. The first-order chi connectivity index (χ1) is 9.47. The first kappa shape index (κ1) is 15.0. The summed E-state index contributed by atoms with van der Waals surface area (Å²) in [6, 6.07) is 11.1. The number of carboxylic acid groups (broad SMARTS) is 1. The third-order valence-corrected chi connectivity index (χ3v) is 4.71. The van der Waals surface area contributed by atoms with Crippen molar-refractivity contribution in [2.75, 3.05) is 0 Å². The summed E-state index contributed by atoms with van der Waals surface area (Å²) in [5.74, 6) is -0.834. The molecular formula is C14H10Cl2O3S. The fourth-order valence-corrected chi connectivity index (χ4v) is 3.47. The fourth-order valence-electron chi connectivity index (χ4n) is 1.67. The summed E-state index contributed by atoms with van der Waals surface area (Å²) in [6.07, 6.45) is 0. The molecule has 20 heavy (non-hydrogen) atoms. The Morgan fingerprint density at radius 3 is 2.60 bits per heavy atom. The molecule has 0 heterocycles. The number of rotatable bonds is 4. The van der Waals surface area contributed by atoms with E-state index in [0.29, 0.717) is 20.5 Å². The summed E-state index contributed by atoms with van der Waals surface area (Å²) in [4.78, 5) is 11.3. The largest absolute Gasteiger partial charge is 0.478 e. The number of halogens is 2. The van der Waals surface area contributed by atoms with E-state index in [-0.39, 0.29) is 11.3 Å². The Morgan fingerprint density at radius 1 is 1.15 bits per heavy atom. The predicted octanol–water partition coefficient (Wildman–Crippen LogP) is 4.00. The summed E-state index contributed by atoms with van der Waals surface area (Å²) in [7, 11) is -1.39. The van der Waals surface area contributed by atoms with Crippen LogP contribution in [0.3, 0.4) is 0 Å². The molecule has 6 heteroatoms. The van der Waals surface area contributed by atoms with E-state index in [4.69, 9.17) is 28.3 Å². The molecule has 1 atom stereocenters. The minimum absolute atomic E-state index is 0.164. The molecule has 2 rings (SSSR count). The number of hydrogen-bond acceptors (Lipinski definition) is 2. The van der Waals surface area contributed by atoms with E-state index in [1.54, 1.807) is 30.3 Å². The standard InChI is InChI=1S/C14H10Cl2O3S/c15-11-4-5-12(16)13(7-11)20(19)8-9-2-1-3-10(6-9)14(17)18/h1-7H,8H2,(H,17,18). The van der Waals surface area contributed by atoms with Crippen molar-refractivity contribution in [2.24, 2.45) is 0 Å². The highest BCUT2D eigenvalue weighted by atomic mass is 35.5. The van der Waals surface area contributed by atoms with Gasteiger partial charge in [0.05, 0.1) is 32.0 Å². The highest BCUT2D eigenvalue weighted by Crippen LogP contribution is 2.25. The maximum absolute atomic E-state index is 12.3. The molecule has 0 saturated heterocycles. The lowest BCUT2D eigenvalue weighted by Gasteiger charge is -2.06. The number of carboxylic acids is 1. The summed E-state index contributed by atoms with van der Waals surface area (Å²) in [5, 5.41) is 9.76. The molecule has 3 nitrogen and oxygen atoms in total. The molecule has 0 aromatic heterocycles. The lowest BCUT2D eigenvalue weighted by atomic mass is 10.1. The topological polar surface area (TPSA) is 54.4 Å². The van der Waals surface area contributed by atoms with Crippen LogP contribution in [0.4, 0.5) is 0 Å². The van der Waals surface area contributed by atoms with Crippen molar-refractivity contribution in [2.45, 2.75) is 10.6 Å². The smallest absolute Gasteiger partial charge is 0.335 e. The van der Waals surface area contributed by atoms with Crippen molar-refractivity contribution in [3.05, 3.63) is 63.6 Å². The lowest BCUT2D eigenvalue weighted by Crippen LogP contribution is -2.01. The fraction of sp³-hybridized carbons (Fsp3) is 0.0714. The Morgan fingerprint density at radius 2 is 1.90 bits per heavy atom. The van der Waals surface area contributed by atoms with Crippen LogP contribution in [0, 0.1) is 0 Å². The van der Waals surface area contributed by atoms with Gasteiger partial charge in [0.2, 0.25) is 0 Å². The van der Waals surface area contributed by atoms with Crippen LogP contribution in [0.15, 0.2) is 47.4 Å². The van der Waals surface area contributed by atoms with Crippen molar-refractivity contribution < 1.29 is 14.1 Å². The second-order valence-corrected chi connectivity index (χ2v) is 6.33. The van der Waals surface area contributed by atoms with Crippen LogP contribution in [0.1, 0.15) is 15.9 Å². The minimum Gasteiger partial charge on any atom is -0.478 e. The molecule has 2 aromatic carbocycles. The van der Waals surface area contributed by atoms with Crippen LogP contribution < -0.4 is 0 Å². The van der Waals surface area contributed by atoms with E-state index < -0.39 is 16.8 Å². The van der Waals surface area contributed by atoms with E-state index in [1.807, 2.05) is 0 Å². The molecule has 0 fully saturated rings. The van der Waals surface area contributed by atoms with E-state index in [1.165, 1.54) is 12.1 Å². The van der Waals surface area contributed by atoms with Gasteiger partial charge in [-0.1, -0.05) is 35.3 Å². The minimum atomic E-state index is -1.39. The van der Waals surface area contributed by atoms with Gasteiger partial charge < -0.3 is 5.11 Å².